The van der Waals surface area contributed by atoms with E-state index in [1.165, 1.54) is 31.5 Å². The van der Waals surface area contributed by atoms with Crippen molar-refractivity contribution in [2.45, 2.75) is 84.8 Å². The van der Waals surface area contributed by atoms with Crippen LogP contribution in [0.3, 0.4) is 0 Å². The summed E-state index contributed by atoms with van der Waals surface area (Å²) in [5, 5.41) is 0. The maximum atomic E-state index is 5.07. The number of hydrogen-bond donors (Lipinski definition) is 0. The van der Waals surface area contributed by atoms with Crippen molar-refractivity contribution in [3.05, 3.63) is 0 Å². The van der Waals surface area contributed by atoms with E-state index >= 15 is 0 Å². The standard InChI is InChI=1S/C15H28N2/c1-14(2,3)13-16-11-9-7-8-10-12(11)17(13)15(4,5)6/h11-12H,7-10H2,1-6H3. The zero-order valence-corrected chi connectivity index (χ0v) is 12.4. The second-order valence-electron chi connectivity index (χ2n) is 7.66. The van der Waals surface area contributed by atoms with E-state index in [1.807, 2.05) is 0 Å². The Morgan fingerprint density at radius 1 is 1.00 bits per heavy atom. The third-order valence-electron chi connectivity index (χ3n) is 3.94. The Labute approximate surface area is 106 Å². The molecule has 2 aliphatic rings. The van der Waals surface area contributed by atoms with Crippen LogP contribution in [0, 0.1) is 5.41 Å². The quantitative estimate of drug-likeness (QED) is 0.623. The molecule has 2 heteroatoms. The van der Waals surface area contributed by atoms with E-state index in [1.54, 1.807) is 0 Å². The molecule has 1 aliphatic heterocycles. The molecule has 1 fully saturated rings. The van der Waals surface area contributed by atoms with Crippen LogP contribution < -0.4 is 0 Å². The van der Waals surface area contributed by atoms with Crippen LogP contribution in [0.25, 0.3) is 0 Å². The molecule has 2 rings (SSSR count). The molecule has 1 aliphatic carbocycles. The van der Waals surface area contributed by atoms with Crippen LogP contribution in [0.15, 0.2) is 4.99 Å². The number of aliphatic imine (C=N–C) groups is 1. The summed E-state index contributed by atoms with van der Waals surface area (Å²) in [5.74, 6) is 1.34. The van der Waals surface area contributed by atoms with Gasteiger partial charge in [0.15, 0.2) is 0 Å². The van der Waals surface area contributed by atoms with Gasteiger partial charge in [-0.05, 0) is 33.6 Å². The highest BCUT2D eigenvalue weighted by atomic mass is 15.3. The maximum absolute atomic E-state index is 5.07. The molecule has 2 atom stereocenters. The highest BCUT2D eigenvalue weighted by Crippen LogP contribution is 2.39. The molecule has 17 heavy (non-hydrogen) atoms. The lowest BCUT2D eigenvalue weighted by Gasteiger charge is -2.45. The predicted octanol–water partition coefficient (Wildman–Crippen LogP) is 3.86. The minimum absolute atomic E-state index is 0.171. The monoisotopic (exact) mass is 236 g/mol. The molecule has 1 heterocycles. The fourth-order valence-electron chi connectivity index (χ4n) is 3.29. The fourth-order valence-corrected chi connectivity index (χ4v) is 3.29. The van der Waals surface area contributed by atoms with Crippen LogP contribution in [0.1, 0.15) is 67.2 Å². The summed E-state index contributed by atoms with van der Waals surface area (Å²) >= 11 is 0. The number of fused-ring (bicyclic) bond motifs is 1. The first-order valence-corrected chi connectivity index (χ1v) is 7.09. The van der Waals surface area contributed by atoms with Crippen molar-refractivity contribution >= 4 is 5.84 Å². The zero-order chi connectivity index (χ0) is 12.8. The summed E-state index contributed by atoms with van der Waals surface area (Å²) in [5.41, 5.74) is 0.369. The smallest absolute Gasteiger partial charge is 0.105 e. The highest BCUT2D eigenvalue weighted by Gasteiger charge is 2.45. The van der Waals surface area contributed by atoms with Gasteiger partial charge in [0.05, 0.1) is 12.1 Å². The first-order valence-electron chi connectivity index (χ1n) is 7.09. The Hall–Kier alpha value is -0.530. The Morgan fingerprint density at radius 3 is 2.12 bits per heavy atom. The first-order chi connectivity index (χ1) is 7.71. The third-order valence-corrected chi connectivity index (χ3v) is 3.94. The van der Waals surface area contributed by atoms with Crippen molar-refractivity contribution in [3.63, 3.8) is 0 Å². The molecule has 2 unspecified atom stereocenters. The van der Waals surface area contributed by atoms with Gasteiger partial charge in [0.25, 0.3) is 0 Å². The fraction of sp³-hybridized carbons (Fsp3) is 0.933. The van der Waals surface area contributed by atoms with Gasteiger partial charge in [-0.25, -0.2) is 0 Å². The summed E-state index contributed by atoms with van der Waals surface area (Å²) < 4.78 is 0. The highest BCUT2D eigenvalue weighted by molar-refractivity contribution is 5.90. The summed E-state index contributed by atoms with van der Waals surface area (Å²) in [6.07, 6.45) is 5.35. The van der Waals surface area contributed by atoms with Crippen LogP contribution in [0.4, 0.5) is 0 Å². The number of rotatable bonds is 0. The lowest BCUT2D eigenvalue weighted by atomic mass is 9.86. The average molecular weight is 236 g/mol. The van der Waals surface area contributed by atoms with Crippen molar-refractivity contribution < 1.29 is 0 Å². The number of hydrogen-bond acceptors (Lipinski definition) is 2. The molecule has 1 saturated carbocycles. The van der Waals surface area contributed by atoms with Crippen LogP contribution >= 0.6 is 0 Å². The molecule has 2 nitrogen and oxygen atoms in total. The molecule has 0 saturated heterocycles. The molecule has 0 aromatic carbocycles. The van der Waals surface area contributed by atoms with Gasteiger partial charge in [0.2, 0.25) is 0 Å². The lowest BCUT2D eigenvalue weighted by Crippen LogP contribution is -2.54. The summed E-state index contributed by atoms with van der Waals surface area (Å²) in [4.78, 5) is 7.69. The Kier molecular flexibility index (Phi) is 3.04. The second kappa shape index (κ2) is 4.00. The Morgan fingerprint density at radius 2 is 1.59 bits per heavy atom. The van der Waals surface area contributed by atoms with E-state index < -0.39 is 0 Å². The van der Waals surface area contributed by atoms with E-state index in [2.05, 4.69) is 46.4 Å². The van der Waals surface area contributed by atoms with Gasteiger partial charge in [-0.2, -0.15) is 0 Å². The van der Waals surface area contributed by atoms with E-state index in [0.29, 0.717) is 12.1 Å². The van der Waals surface area contributed by atoms with Gasteiger partial charge in [-0.15, -0.1) is 0 Å². The predicted molar refractivity (Wildman–Crippen MR) is 74.5 cm³/mol. The largest absolute Gasteiger partial charge is 0.350 e. The van der Waals surface area contributed by atoms with Crippen molar-refractivity contribution in [2.75, 3.05) is 0 Å². The van der Waals surface area contributed by atoms with Crippen molar-refractivity contribution in [1.82, 2.24) is 4.90 Å². The molecule has 0 aromatic rings. The van der Waals surface area contributed by atoms with Crippen molar-refractivity contribution in [1.29, 1.82) is 0 Å². The summed E-state index contributed by atoms with van der Waals surface area (Å²) in [7, 11) is 0. The minimum Gasteiger partial charge on any atom is -0.350 e. The van der Waals surface area contributed by atoms with Gasteiger partial charge >= 0.3 is 0 Å². The molecule has 0 bridgehead atoms. The van der Waals surface area contributed by atoms with Crippen LogP contribution in [-0.4, -0.2) is 28.4 Å². The second-order valence-corrected chi connectivity index (χ2v) is 7.66. The number of amidine groups is 1. The van der Waals surface area contributed by atoms with Gasteiger partial charge in [0.1, 0.15) is 5.84 Å². The average Bonchev–Trinajstić information content (AvgIpc) is 2.54. The van der Waals surface area contributed by atoms with Gasteiger partial charge in [-0.1, -0.05) is 33.6 Å². The lowest BCUT2D eigenvalue weighted by molar-refractivity contribution is 0.139. The third kappa shape index (κ3) is 2.36. The van der Waals surface area contributed by atoms with Crippen molar-refractivity contribution in [3.8, 4) is 0 Å². The molecule has 0 spiro atoms. The van der Waals surface area contributed by atoms with Crippen molar-refractivity contribution in [2.24, 2.45) is 10.4 Å². The molecule has 0 radical (unpaired) electrons. The molecule has 98 valence electrons. The SMILES string of the molecule is CC(C)(C)C1=NC2CCCCC2N1C(C)(C)C. The van der Waals surface area contributed by atoms with E-state index in [0.717, 1.165) is 0 Å². The molecule has 0 N–H and O–H groups in total. The topological polar surface area (TPSA) is 15.6 Å². The maximum Gasteiger partial charge on any atom is 0.105 e. The van der Waals surface area contributed by atoms with Crippen LogP contribution in [0.5, 0.6) is 0 Å². The summed E-state index contributed by atoms with van der Waals surface area (Å²) in [6.45, 7) is 13.9. The van der Waals surface area contributed by atoms with E-state index in [-0.39, 0.29) is 11.0 Å². The number of nitrogens with zero attached hydrogens (tertiary/aromatic N) is 2. The van der Waals surface area contributed by atoms with Gasteiger partial charge < -0.3 is 4.90 Å². The normalized spacial score (nSPS) is 30.2. The Balaban J connectivity index is 2.35. The molecular weight excluding hydrogens is 208 g/mol. The van der Waals surface area contributed by atoms with Crippen LogP contribution in [0.2, 0.25) is 0 Å². The zero-order valence-electron chi connectivity index (χ0n) is 12.4. The van der Waals surface area contributed by atoms with Gasteiger partial charge in [-0.3, -0.25) is 4.99 Å². The molecule has 0 amide bonds. The van der Waals surface area contributed by atoms with E-state index in [9.17, 15) is 0 Å². The molecular formula is C15H28N2. The van der Waals surface area contributed by atoms with Crippen LogP contribution in [-0.2, 0) is 0 Å². The Bertz CT molecular complexity index is 317. The summed E-state index contributed by atoms with van der Waals surface area (Å²) in [6, 6.07) is 1.23. The van der Waals surface area contributed by atoms with E-state index in [4.69, 9.17) is 4.99 Å². The van der Waals surface area contributed by atoms with Gasteiger partial charge in [0, 0.05) is 11.0 Å². The first kappa shape index (κ1) is 12.9. The minimum atomic E-state index is 0.171. The molecule has 0 aromatic heterocycles.